The number of thiazole rings is 1. The van der Waals surface area contributed by atoms with Crippen LogP contribution in [0.1, 0.15) is 4.88 Å². The highest BCUT2D eigenvalue weighted by Gasteiger charge is 2.16. The van der Waals surface area contributed by atoms with Gasteiger partial charge in [0.25, 0.3) is 0 Å². The van der Waals surface area contributed by atoms with Crippen LogP contribution < -0.4 is 10.5 Å². The maximum absolute atomic E-state index is 10.8. The van der Waals surface area contributed by atoms with Gasteiger partial charge in [0.05, 0.1) is 9.80 Å². The molecule has 0 aliphatic carbocycles. The molecule has 18 heavy (non-hydrogen) atoms. The summed E-state index contributed by atoms with van der Waals surface area (Å²) in [7, 11) is 0. The second-order valence-corrected chi connectivity index (χ2v) is 4.91. The molecule has 6 nitrogen and oxygen atoms in total. The van der Waals surface area contributed by atoms with E-state index in [9.17, 15) is 10.1 Å². The highest BCUT2D eigenvalue weighted by molar-refractivity contribution is 7.15. The molecule has 0 amide bonds. The molecule has 94 valence electrons. The molecule has 0 fully saturated rings. The van der Waals surface area contributed by atoms with E-state index in [1.54, 1.807) is 6.20 Å². The van der Waals surface area contributed by atoms with Crippen LogP contribution >= 0.6 is 22.9 Å². The maximum atomic E-state index is 10.8. The number of rotatable bonds is 4. The zero-order chi connectivity index (χ0) is 13.1. The number of ether oxygens (including phenoxy) is 1. The minimum atomic E-state index is -0.539. The fraction of sp³-hybridized carbons (Fsp3) is 0.100. The molecule has 8 heteroatoms. The molecule has 0 spiro atoms. The zero-order valence-corrected chi connectivity index (χ0v) is 10.6. The molecule has 1 heterocycles. The van der Waals surface area contributed by atoms with E-state index in [4.69, 9.17) is 22.1 Å². The third kappa shape index (κ3) is 2.88. The van der Waals surface area contributed by atoms with Crippen LogP contribution in [-0.4, -0.2) is 9.91 Å². The first-order valence-electron chi connectivity index (χ1n) is 4.83. The van der Waals surface area contributed by atoms with Crippen molar-refractivity contribution < 1.29 is 9.66 Å². The van der Waals surface area contributed by atoms with Gasteiger partial charge in [-0.2, -0.15) is 0 Å². The molecule has 2 aromatic rings. The van der Waals surface area contributed by atoms with Crippen molar-refractivity contribution in [3.8, 4) is 5.75 Å². The molecule has 0 bridgehead atoms. The third-order valence-corrected chi connectivity index (χ3v) is 3.09. The molecule has 0 radical (unpaired) electrons. The highest BCUT2D eigenvalue weighted by atomic mass is 35.5. The second kappa shape index (κ2) is 5.19. The Bertz CT molecular complexity index is 587. The first kappa shape index (κ1) is 12.6. The molecular weight excluding hydrogens is 278 g/mol. The number of halogens is 1. The Labute approximate surface area is 111 Å². The quantitative estimate of drug-likeness (QED) is 0.689. The lowest BCUT2D eigenvalue weighted by molar-refractivity contribution is -0.385. The predicted molar refractivity (Wildman–Crippen MR) is 69.0 cm³/mol. The van der Waals surface area contributed by atoms with Gasteiger partial charge < -0.3 is 10.5 Å². The van der Waals surface area contributed by atoms with Gasteiger partial charge in [0, 0.05) is 17.3 Å². The summed E-state index contributed by atoms with van der Waals surface area (Å²) >= 11 is 6.97. The molecule has 0 unspecified atom stereocenters. The number of nitrogen functional groups attached to an aromatic ring is 1. The van der Waals surface area contributed by atoms with E-state index in [1.165, 1.54) is 29.5 Å². The minimum Gasteiger partial charge on any atom is -0.481 e. The number of nitrogens with two attached hydrogens (primary N) is 1. The number of nitro benzene ring substituents is 1. The van der Waals surface area contributed by atoms with E-state index in [1.807, 2.05) is 0 Å². The van der Waals surface area contributed by atoms with Crippen molar-refractivity contribution in [2.24, 2.45) is 0 Å². The Morgan fingerprint density at radius 3 is 2.94 bits per heavy atom. The number of nitro groups is 1. The van der Waals surface area contributed by atoms with Crippen molar-refractivity contribution >= 4 is 33.8 Å². The summed E-state index contributed by atoms with van der Waals surface area (Å²) in [6.07, 6.45) is 1.57. The Morgan fingerprint density at radius 1 is 1.56 bits per heavy atom. The molecular formula is C10H8ClN3O3S. The average molecular weight is 286 g/mol. The molecule has 0 aliphatic rings. The molecule has 1 aromatic heterocycles. The summed E-state index contributed by atoms with van der Waals surface area (Å²) < 4.78 is 5.37. The molecule has 0 saturated heterocycles. The lowest BCUT2D eigenvalue weighted by atomic mass is 10.3. The van der Waals surface area contributed by atoms with Gasteiger partial charge in [-0.05, 0) is 12.1 Å². The number of hydrogen-bond acceptors (Lipinski definition) is 6. The number of aromatic nitrogens is 1. The van der Waals surface area contributed by atoms with Gasteiger partial charge in [-0.25, -0.2) is 4.98 Å². The summed E-state index contributed by atoms with van der Waals surface area (Å²) in [6.45, 7) is 0.178. The first-order valence-corrected chi connectivity index (χ1v) is 6.02. The van der Waals surface area contributed by atoms with Crippen LogP contribution in [-0.2, 0) is 6.61 Å². The topological polar surface area (TPSA) is 91.3 Å². The van der Waals surface area contributed by atoms with Crippen molar-refractivity contribution in [1.82, 2.24) is 4.98 Å². The Morgan fingerprint density at radius 2 is 2.33 bits per heavy atom. The van der Waals surface area contributed by atoms with Gasteiger partial charge in [0.15, 0.2) is 10.9 Å². The number of hydrogen-bond donors (Lipinski definition) is 1. The van der Waals surface area contributed by atoms with Crippen LogP contribution in [0.4, 0.5) is 10.8 Å². The van der Waals surface area contributed by atoms with E-state index in [2.05, 4.69) is 4.98 Å². The molecule has 0 aliphatic heterocycles. The second-order valence-electron chi connectivity index (χ2n) is 3.32. The van der Waals surface area contributed by atoms with Gasteiger partial charge >= 0.3 is 5.69 Å². The van der Waals surface area contributed by atoms with Crippen molar-refractivity contribution in [2.45, 2.75) is 6.61 Å². The van der Waals surface area contributed by atoms with E-state index in [0.717, 1.165) is 4.88 Å². The van der Waals surface area contributed by atoms with E-state index >= 15 is 0 Å². The molecule has 2 rings (SSSR count). The standard InChI is InChI=1S/C10H8ClN3O3S/c11-6-1-2-9(8(3-6)14(15)16)17-5-7-4-13-10(12)18-7/h1-4H,5H2,(H2,12,13). The van der Waals surface area contributed by atoms with Crippen LogP contribution in [0.15, 0.2) is 24.4 Å². The van der Waals surface area contributed by atoms with Gasteiger partial charge in [0.1, 0.15) is 6.61 Å². The fourth-order valence-electron chi connectivity index (χ4n) is 1.29. The van der Waals surface area contributed by atoms with Gasteiger partial charge in [-0.3, -0.25) is 10.1 Å². The van der Waals surface area contributed by atoms with Crippen LogP contribution in [0.25, 0.3) is 0 Å². The fourth-order valence-corrected chi connectivity index (χ4v) is 2.06. The minimum absolute atomic E-state index is 0.163. The third-order valence-electron chi connectivity index (χ3n) is 2.06. The van der Waals surface area contributed by atoms with E-state index in [-0.39, 0.29) is 23.1 Å². The Kier molecular flexibility index (Phi) is 3.63. The molecule has 1 aromatic carbocycles. The first-order chi connectivity index (χ1) is 8.56. The van der Waals surface area contributed by atoms with Crippen LogP contribution in [0, 0.1) is 10.1 Å². The zero-order valence-electron chi connectivity index (χ0n) is 9.00. The summed E-state index contributed by atoms with van der Waals surface area (Å²) in [5.41, 5.74) is 5.31. The smallest absolute Gasteiger partial charge is 0.312 e. The van der Waals surface area contributed by atoms with Gasteiger partial charge in [-0.1, -0.05) is 22.9 Å². The lowest BCUT2D eigenvalue weighted by Gasteiger charge is -2.05. The molecule has 0 saturated carbocycles. The Balaban J connectivity index is 2.16. The van der Waals surface area contributed by atoms with Gasteiger partial charge in [0.2, 0.25) is 0 Å². The Hall–Kier alpha value is -1.86. The number of benzene rings is 1. The van der Waals surface area contributed by atoms with Crippen LogP contribution in [0.5, 0.6) is 5.75 Å². The highest BCUT2D eigenvalue weighted by Crippen LogP contribution is 2.30. The SMILES string of the molecule is Nc1ncc(COc2ccc(Cl)cc2[N+](=O)[O-])s1. The molecule has 0 atom stereocenters. The van der Waals surface area contributed by atoms with Crippen molar-refractivity contribution in [3.05, 3.63) is 44.4 Å². The summed E-state index contributed by atoms with van der Waals surface area (Å²) in [5, 5.41) is 11.5. The number of nitrogens with zero attached hydrogens (tertiary/aromatic N) is 2. The van der Waals surface area contributed by atoms with Crippen LogP contribution in [0.2, 0.25) is 5.02 Å². The number of anilines is 1. The van der Waals surface area contributed by atoms with Gasteiger partial charge in [-0.15, -0.1) is 0 Å². The average Bonchev–Trinajstić information content (AvgIpc) is 2.73. The summed E-state index contributed by atoms with van der Waals surface area (Å²) in [4.78, 5) is 14.9. The van der Waals surface area contributed by atoms with E-state index < -0.39 is 4.92 Å². The normalized spacial score (nSPS) is 10.3. The van der Waals surface area contributed by atoms with Crippen molar-refractivity contribution in [3.63, 3.8) is 0 Å². The van der Waals surface area contributed by atoms with E-state index in [0.29, 0.717) is 5.13 Å². The summed E-state index contributed by atoms with van der Waals surface area (Å²) in [5.74, 6) is 0.163. The van der Waals surface area contributed by atoms with Crippen LogP contribution in [0.3, 0.4) is 0 Å². The predicted octanol–water partition coefficient (Wildman–Crippen LogP) is 2.87. The van der Waals surface area contributed by atoms with Crippen molar-refractivity contribution in [2.75, 3.05) is 5.73 Å². The molecule has 2 N–H and O–H groups in total. The monoisotopic (exact) mass is 285 g/mol. The van der Waals surface area contributed by atoms with Crippen molar-refractivity contribution in [1.29, 1.82) is 0 Å². The largest absolute Gasteiger partial charge is 0.481 e. The lowest BCUT2D eigenvalue weighted by Crippen LogP contribution is -1.97. The maximum Gasteiger partial charge on any atom is 0.312 e. The summed E-state index contributed by atoms with van der Waals surface area (Å²) in [6, 6.07) is 4.24.